The molecule has 2 fully saturated rings. The van der Waals surface area contributed by atoms with Gasteiger partial charge in [-0.3, -0.25) is 9.59 Å². The molecule has 4 N–H and O–H groups in total. The number of hydrogen-bond acceptors (Lipinski definition) is 3. The molecular formula is C14H25N3O2. The van der Waals surface area contributed by atoms with Gasteiger partial charge in [0.05, 0.1) is 6.54 Å². The second-order valence-corrected chi connectivity index (χ2v) is 6.06. The molecule has 2 aliphatic rings. The molecule has 0 radical (unpaired) electrons. The van der Waals surface area contributed by atoms with Gasteiger partial charge in [0, 0.05) is 12.5 Å². The number of carbonyl (C=O) groups is 2. The van der Waals surface area contributed by atoms with E-state index in [4.69, 9.17) is 5.73 Å². The van der Waals surface area contributed by atoms with Crippen LogP contribution in [0, 0.1) is 5.41 Å². The van der Waals surface area contributed by atoms with E-state index in [9.17, 15) is 9.59 Å². The zero-order chi connectivity index (χ0) is 13.7. The van der Waals surface area contributed by atoms with Gasteiger partial charge < -0.3 is 16.4 Å². The zero-order valence-electron chi connectivity index (χ0n) is 11.5. The van der Waals surface area contributed by atoms with E-state index in [0.717, 1.165) is 38.5 Å². The van der Waals surface area contributed by atoms with Crippen LogP contribution in [0.1, 0.15) is 51.4 Å². The summed E-state index contributed by atoms with van der Waals surface area (Å²) in [7, 11) is 0. The van der Waals surface area contributed by atoms with Crippen LogP contribution in [0.4, 0.5) is 0 Å². The van der Waals surface area contributed by atoms with Crippen molar-refractivity contribution in [1.82, 2.24) is 10.6 Å². The molecule has 0 heterocycles. The van der Waals surface area contributed by atoms with Crippen LogP contribution >= 0.6 is 0 Å². The maximum atomic E-state index is 11.9. The van der Waals surface area contributed by atoms with Gasteiger partial charge in [0.2, 0.25) is 11.8 Å². The predicted octanol–water partition coefficient (Wildman–Crippen LogP) is 0.680. The summed E-state index contributed by atoms with van der Waals surface area (Å²) in [6, 6.07) is 0.345. The van der Waals surface area contributed by atoms with E-state index in [2.05, 4.69) is 10.6 Å². The van der Waals surface area contributed by atoms with Gasteiger partial charge in [-0.1, -0.05) is 19.3 Å². The highest BCUT2D eigenvalue weighted by atomic mass is 16.2. The van der Waals surface area contributed by atoms with Crippen molar-refractivity contribution in [3.05, 3.63) is 0 Å². The lowest BCUT2D eigenvalue weighted by molar-refractivity contribution is -0.127. The number of rotatable bonds is 6. The summed E-state index contributed by atoms with van der Waals surface area (Å²) < 4.78 is 0. The molecule has 2 rings (SSSR count). The monoisotopic (exact) mass is 267 g/mol. The van der Waals surface area contributed by atoms with E-state index in [1.807, 2.05) is 0 Å². The molecule has 2 saturated carbocycles. The van der Waals surface area contributed by atoms with Gasteiger partial charge in [0.15, 0.2) is 0 Å². The van der Waals surface area contributed by atoms with E-state index in [1.165, 1.54) is 6.42 Å². The predicted molar refractivity (Wildman–Crippen MR) is 73.4 cm³/mol. The van der Waals surface area contributed by atoms with E-state index < -0.39 is 0 Å². The van der Waals surface area contributed by atoms with Gasteiger partial charge in [-0.05, 0) is 37.6 Å². The van der Waals surface area contributed by atoms with Gasteiger partial charge in [0.1, 0.15) is 0 Å². The summed E-state index contributed by atoms with van der Waals surface area (Å²) >= 11 is 0. The Hall–Kier alpha value is -1.10. The second kappa shape index (κ2) is 6.37. The van der Waals surface area contributed by atoms with Crippen molar-refractivity contribution < 1.29 is 9.59 Å². The largest absolute Gasteiger partial charge is 0.352 e. The van der Waals surface area contributed by atoms with Crippen molar-refractivity contribution >= 4 is 11.8 Å². The van der Waals surface area contributed by atoms with Crippen LogP contribution < -0.4 is 16.4 Å². The van der Waals surface area contributed by atoms with E-state index in [0.29, 0.717) is 19.0 Å². The summed E-state index contributed by atoms with van der Waals surface area (Å²) in [6.45, 7) is 0.657. The minimum absolute atomic E-state index is 0.0324. The Morgan fingerprint density at radius 2 is 1.79 bits per heavy atom. The van der Waals surface area contributed by atoms with E-state index in [-0.39, 0.29) is 23.8 Å². The molecule has 0 aromatic heterocycles. The van der Waals surface area contributed by atoms with Crippen LogP contribution in [-0.4, -0.2) is 30.9 Å². The van der Waals surface area contributed by atoms with Crippen LogP contribution in [0.2, 0.25) is 0 Å². The van der Waals surface area contributed by atoms with Gasteiger partial charge in [-0.25, -0.2) is 0 Å². The molecule has 0 aromatic rings. The Morgan fingerprint density at radius 1 is 1.11 bits per heavy atom. The molecule has 5 nitrogen and oxygen atoms in total. The summed E-state index contributed by atoms with van der Waals surface area (Å²) in [4.78, 5) is 23.4. The molecule has 0 aliphatic heterocycles. The summed E-state index contributed by atoms with van der Waals surface area (Å²) in [5.74, 6) is -0.125. The number of nitrogens with one attached hydrogen (secondary N) is 2. The molecule has 2 aliphatic carbocycles. The van der Waals surface area contributed by atoms with Gasteiger partial charge >= 0.3 is 0 Å². The van der Waals surface area contributed by atoms with Crippen LogP contribution in [-0.2, 0) is 9.59 Å². The molecule has 0 bridgehead atoms. The van der Waals surface area contributed by atoms with Crippen molar-refractivity contribution in [1.29, 1.82) is 0 Å². The maximum Gasteiger partial charge on any atom is 0.239 e. The Morgan fingerprint density at radius 3 is 2.37 bits per heavy atom. The lowest BCUT2D eigenvalue weighted by atomic mass is 9.71. The minimum Gasteiger partial charge on any atom is -0.352 e. The number of nitrogens with two attached hydrogens (primary N) is 1. The zero-order valence-corrected chi connectivity index (χ0v) is 11.5. The summed E-state index contributed by atoms with van der Waals surface area (Å²) in [5, 5.41) is 5.57. The van der Waals surface area contributed by atoms with E-state index in [1.54, 1.807) is 0 Å². The lowest BCUT2D eigenvalue weighted by Crippen LogP contribution is -2.42. The lowest BCUT2D eigenvalue weighted by Gasteiger charge is -2.35. The van der Waals surface area contributed by atoms with Crippen molar-refractivity contribution in [3.8, 4) is 0 Å². The molecule has 0 unspecified atom stereocenters. The first-order chi connectivity index (χ1) is 9.13. The average molecular weight is 267 g/mol. The number of carbonyl (C=O) groups excluding carboxylic acids is 2. The fourth-order valence-electron chi connectivity index (χ4n) is 2.84. The van der Waals surface area contributed by atoms with Gasteiger partial charge in [0.25, 0.3) is 0 Å². The normalized spacial score (nSPS) is 21.7. The quantitative estimate of drug-likeness (QED) is 0.661. The van der Waals surface area contributed by atoms with Crippen LogP contribution in [0.3, 0.4) is 0 Å². The Kier molecular flexibility index (Phi) is 4.80. The first-order valence-electron chi connectivity index (χ1n) is 7.40. The highest BCUT2D eigenvalue weighted by Crippen LogP contribution is 2.38. The van der Waals surface area contributed by atoms with Crippen LogP contribution in [0.5, 0.6) is 0 Å². The first kappa shape index (κ1) is 14.3. The molecule has 0 spiro atoms. The highest BCUT2D eigenvalue weighted by Gasteiger charge is 2.33. The third-order valence-electron chi connectivity index (χ3n) is 4.27. The Labute approximate surface area is 114 Å². The average Bonchev–Trinajstić information content (AvgIpc) is 3.21. The summed E-state index contributed by atoms with van der Waals surface area (Å²) in [6.07, 6.45) is 8.22. The minimum atomic E-state index is -0.0821. The molecule has 0 atom stereocenters. The molecule has 0 aromatic carbocycles. The SMILES string of the molecule is NCC1(CC(=O)NCC(=O)NC2CC2)CCCCC1. The third kappa shape index (κ3) is 4.49. The molecule has 19 heavy (non-hydrogen) atoms. The van der Waals surface area contributed by atoms with Crippen LogP contribution in [0.15, 0.2) is 0 Å². The fourth-order valence-corrected chi connectivity index (χ4v) is 2.84. The number of hydrogen-bond donors (Lipinski definition) is 3. The first-order valence-corrected chi connectivity index (χ1v) is 7.40. The maximum absolute atomic E-state index is 11.9. The van der Waals surface area contributed by atoms with Crippen molar-refractivity contribution in [2.45, 2.75) is 57.4 Å². The highest BCUT2D eigenvalue weighted by molar-refractivity contribution is 5.85. The van der Waals surface area contributed by atoms with Gasteiger partial charge in [-0.2, -0.15) is 0 Å². The molecule has 108 valence electrons. The van der Waals surface area contributed by atoms with Crippen LogP contribution in [0.25, 0.3) is 0 Å². The smallest absolute Gasteiger partial charge is 0.239 e. The fraction of sp³-hybridized carbons (Fsp3) is 0.857. The standard InChI is InChI=1S/C14H25N3O2/c15-10-14(6-2-1-3-7-14)8-12(18)16-9-13(19)17-11-4-5-11/h11H,1-10,15H2,(H,16,18)(H,17,19). The third-order valence-corrected chi connectivity index (χ3v) is 4.27. The molecule has 0 saturated heterocycles. The second-order valence-electron chi connectivity index (χ2n) is 6.06. The molecular weight excluding hydrogens is 242 g/mol. The van der Waals surface area contributed by atoms with Crippen molar-refractivity contribution in [2.24, 2.45) is 11.1 Å². The Balaban J connectivity index is 1.71. The number of amides is 2. The van der Waals surface area contributed by atoms with E-state index >= 15 is 0 Å². The van der Waals surface area contributed by atoms with Crippen molar-refractivity contribution in [3.63, 3.8) is 0 Å². The van der Waals surface area contributed by atoms with Crippen molar-refractivity contribution in [2.75, 3.05) is 13.1 Å². The molecule has 5 heteroatoms. The molecule has 2 amide bonds. The topological polar surface area (TPSA) is 84.2 Å². The summed E-state index contributed by atoms with van der Waals surface area (Å²) in [5.41, 5.74) is 5.82. The Bertz CT molecular complexity index is 334. The van der Waals surface area contributed by atoms with Gasteiger partial charge in [-0.15, -0.1) is 0 Å².